The van der Waals surface area contributed by atoms with Crippen LogP contribution in [0.25, 0.3) is 0 Å². The average molecular weight is 379 g/mol. The maximum atomic E-state index is 12.8. The Bertz CT molecular complexity index is 883. The summed E-state index contributed by atoms with van der Waals surface area (Å²) in [5.41, 5.74) is 1.87. The number of nitrogens with zero attached hydrogens (tertiary/aromatic N) is 4. The average Bonchev–Trinajstić information content (AvgIpc) is 2.74. The van der Waals surface area contributed by atoms with E-state index in [4.69, 9.17) is 10.00 Å². The summed E-state index contributed by atoms with van der Waals surface area (Å²) in [5, 5.41) is 12.0. The van der Waals surface area contributed by atoms with E-state index < -0.39 is 0 Å². The molecule has 8 heteroatoms. The highest BCUT2D eigenvalue weighted by Gasteiger charge is 2.25. The van der Waals surface area contributed by atoms with Crippen molar-refractivity contribution in [2.24, 2.45) is 0 Å². The van der Waals surface area contributed by atoms with Crippen LogP contribution in [0.3, 0.4) is 0 Å². The molecular formula is C20H21N5O3. The first kappa shape index (κ1) is 19.2. The number of carbonyl (C=O) groups is 2. The van der Waals surface area contributed by atoms with E-state index in [0.29, 0.717) is 49.7 Å². The van der Waals surface area contributed by atoms with Crippen LogP contribution < -0.4 is 5.32 Å². The third kappa shape index (κ3) is 4.57. The topological polar surface area (TPSA) is 98.6 Å². The number of hydrogen-bond acceptors (Lipinski definition) is 6. The second kappa shape index (κ2) is 8.86. The van der Waals surface area contributed by atoms with Crippen LogP contribution in [-0.4, -0.2) is 59.6 Å². The van der Waals surface area contributed by atoms with Crippen LogP contribution in [0.15, 0.2) is 42.6 Å². The highest BCUT2D eigenvalue weighted by molar-refractivity contribution is 5.95. The third-order valence-corrected chi connectivity index (χ3v) is 4.39. The molecular weight excluding hydrogens is 358 g/mol. The van der Waals surface area contributed by atoms with Crippen LogP contribution in [0.4, 0.5) is 16.3 Å². The smallest absolute Gasteiger partial charge is 0.409 e. The first-order valence-electron chi connectivity index (χ1n) is 9.05. The summed E-state index contributed by atoms with van der Waals surface area (Å²) in [6.45, 7) is 3.92. The molecule has 1 aromatic carbocycles. The third-order valence-electron chi connectivity index (χ3n) is 4.39. The van der Waals surface area contributed by atoms with Gasteiger partial charge in [0.15, 0.2) is 0 Å². The Hall–Kier alpha value is -3.60. The molecule has 0 spiro atoms. The number of nitriles is 1. The van der Waals surface area contributed by atoms with Crippen molar-refractivity contribution in [2.75, 3.05) is 38.1 Å². The lowest BCUT2D eigenvalue weighted by Gasteiger charge is -2.34. The number of nitrogens with one attached hydrogen (secondary N) is 1. The summed E-state index contributed by atoms with van der Waals surface area (Å²) in [7, 11) is 0. The quantitative estimate of drug-likeness (QED) is 0.877. The number of hydrogen-bond donors (Lipinski definition) is 1. The van der Waals surface area contributed by atoms with Gasteiger partial charge in [0.25, 0.3) is 5.91 Å². The lowest BCUT2D eigenvalue weighted by molar-refractivity contribution is 0.0570. The molecule has 1 saturated heterocycles. The van der Waals surface area contributed by atoms with E-state index in [9.17, 15) is 9.59 Å². The first-order valence-corrected chi connectivity index (χ1v) is 9.05. The standard InChI is InChI=1S/C20H21N5O3/c1-2-28-20(27)25-11-9-24(10-12-25)19(26)16-7-8-22-18(13-16)23-17-5-3-15(14-21)4-6-17/h3-8,13H,2,9-12H2,1H3,(H,22,23). The van der Waals surface area contributed by atoms with Crippen LogP contribution in [0, 0.1) is 11.3 Å². The minimum atomic E-state index is -0.340. The molecule has 0 radical (unpaired) electrons. The predicted octanol–water partition coefficient (Wildman–Crippen LogP) is 2.61. The fourth-order valence-corrected chi connectivity index (χ4v) is 2.90. The van der Waals surface area contributed by atoms with E-state index in [1.165, 1.54) is 0 Å². The molecule has 0 unspecified atom stereocenters. The van der Waals surface area contributed by atoms with Crippen LogP contribution in [0.2, 0.25) is 0 Å². The van der Waals surface area contributed by atoms with Gasteiger partial charge >= 0.3 is 6.09 Å². The van der Waals surface area contributed by atoms with Gasteiger partial charge in [-0.2, -0.15) is 5.26 Å². The van der Waals surface area contributed by atoms with Crippen molar-refractivity contribution in [1.29, 1.82) is 5.26 Å². The van der Waals surface area contributed by atoms with Gasteiger partial charge < -0.3 is 19.9 Å². The Balaban J connectivity index is 1.62. The second-order valence-electron chi connectivity index (χ2n) is 6.22. The Morgan fingerprint density at radius 3 is 2.46 bits per heavy atom. The summed E-state index contributed by atoms with van der Waals surface area (Å²) in [6.07, 6.45) is 1.24. The van der Waals surface area contributed by atoms with Gasteiger partial charge in [-0.1, -0.05) is 0 Å². The van der Waals surface area contributed by atoms with E-state index in [0.717, 1.165) is 5.69 Å². The maximum absolute atomic E-state index is 12.8. The summed E-state index contributed by atoms with van der Waals surface area (Å²) in [5.74, 6) is 0.439. The highest BCUT2D eigenvalue weighted by Crippen LogP contribution is 2.17. The molecule has 1 N–H and O–H groups in total. The van der Waals surface area contributed by atoms with Gasteiger partial charge in [-0.05, 0) is 43.3 Å². The molecule has 1 aliphatic rings. The first-order chi connectivity index (χ1) is 13.6. The Morgan fingerprint density at radius 1 is 1.14 bits per heavy atom. The summed E-state index contributed by atoms with van der Waals surface area (Å²) >= 11 is 0. The predicted molar refractivity (Wildman–Crippen MR) is 103 cm³/mol. The van der Waals surface area contributed by atoms with Gasteiger partial charge in [-0.15, -0.1) is 0 Å². The molecule has 0 saturated carbocycles. The van der Waals surface area contributed by atoms with Gasteiger partial charge in [0.05, 0.1) is 18.2 Å². The van der Waals surface area contributed by atoms with E-state index in [2.05, 4.69) is 16.4 Å². The van der Waals surface area contributed by atoms with Gasteiger partial charge in [0, 0.05) is 43.6 Å². The molecule has 0 bridgehead atoms. The van der Waals surface area contributed by atoms with E-state index in [1.807, 2.05) is 0 Å². The molecule has 1 aliphatic heterocycles. The van der Waals surface area contributed by atoms with Gasteiger partial charge in [-0.25, -0.2) is 9.78 Å². The largest absolute Gasteiger partial charge is 0.450 e. The Kier molecular flexibility index (Phi) is 6.07. The molecule has 0 atom stereocenters. The molecule has 28 heavy (non-hydrogen) atoms. The van der Waals surface area contributed by atoms with Crippen molar-refractivity contribution in [1.82, 2.24) is 14.8 Å². The number of amides is 2. The van der Waals surface area contributed by atoms with Crippen molar-refractivity contribution >= 4 is 23.5 Å². The van der Waals surface area contributed by atoms with Gasteiger partial charge in [0.1, 0.15) is 5.82 Å². The van der Waals surface area contributed by atoms with E-state index in [-0.39, 0.29) is 12.0 Å². The molecule has 8 nitrogen and oxygen atoms in total. The molecule has 2 amide bonds. The monoisotopic (exact) mass is 379 g/mol. The Labute approximate surface area is 163 Å². The number of pyridine rings is 1. The lowest BCUT2D eigenvalue weighted by atomic mass is 10.2. The fraction of sp³-hybridized carbons (Fsp3) is 0.300. The SMILES string of the molecule is CCOC(=O)N1CCN(C(=O)c2ccnc(Nc3ccc(C#N)cc3)c2)CC1. The molecule has 1 aromatic heterocycles. The fourth-order valence-electron chi connectivity index (χ4n) is 2.90. The molecule has 2 heterocycles. The van der Waals surface area contributed by atoms with Crippen molar-refractivity contribution in [2.45, 2.75) is 6.92 Å². The highest BCUT2D eigenvalue weighted by atomic mass is 16.6. The van der Waals surface area contributed by atoms with Crippen molar-refractivity contribution in [3.05, 3.63) is 53.7 Å². The summed E-state index contributed by atoms with van der Waals surface area (Å²) in [4.78, 5) is 32.1. The number of carbonyl (C=O) groups excluding carboxylic acids is 2. The van der Waals surface area contributed by atoms with Gasteiger partial charge in [-0.3, -0.25) is 4.79 Å². The van der Waals surface area contributed by atoms with Crippen molar-refractivity contribution < 1.29 is 14.3 Å². The zero-order chi connectivity index (χ0) is 19.9. The zero-order valence-corrected chi connectivity index (χ0v) is 15.6. The molecule has 2 aromatic rings. The minimum Gasteiger partial charge on any atom is -0.450 e. The van der Waals surface area contributed by atoms with Crippen LogP contribution in [0.1, 0.15) is 22.8 Å². The normalized spacial score (nSPS) is 13.6. The van der Waals surface area contributed by atoms with Crippen LogP contribution in [0.5, 0.6) is 0 Å². The van der Waals surface area contributed by atoms with Crippen molar-refractivity contribution in [3.63, 3.8) is 0 Å². The van der Waals surface area contributed by atoms with Crippen molar-refractivity contribution in [3.8, 4) is 6.07 Å². The Morgan fingerprint density at radius 2 is 1.82 bits per heavy atom. The van der Waals surface area contributed by atoms with Gasteiger partial charge in [0.2, 0.25) is 0 Å². The molecule has 1 fully saturated rings. The number of rotatable bonds is 4. The molecule has 0 aliphatic carbocycles. The van der Waals surface area contributed by atoms with E-state index >= 15 is 0 Å². The minimum absolute atomic E-state index is 0.103. The zero-order valence-electron chi connectivity index (χ0n) is 15.6. The van der Waals surface area contributed by atoms with Crippen LogP contribution in [-0.2, 0) is 4.74 Å². The summed E-state index contributed by atoms with van der Waals surface area (Å²) < 4.78 is 5.00. The number of anilines is 2. The molecule has 3 rings (SSSR count). The van der Waals surface area contributed by atoms with Crippen LogP contribution >= 0.6 is 0 Å². The lowest BCUT2D eigenvalue weighted by Crippen LogP contribution is -2.50. The number of piperazine rings is 1. The summed E-state index contributed by atoms with van der Waals surface area (Å²) in [6, 6.07) is 12.4. The molecule has 144 valence electrons. The number of benzene rings is 1. The van der Waals surface area contributed by atoms with E-state index in [1.54, 1.807) is 59.3 Å². The second-order valence-corrected chi connectivity index (χ2v) is 6.22. The number of ether oxygens (including phenoxy) is 1. The number of aromatic nitrogens is 1. The maximum Gasteiger partial charge on any atom is 0.409 e.